The van der Waals surface area contributed by atoms with Crippen molar-refractivity contribution in [3.63, 3.8) is 0 Å². The van der Waals surface area contributed by atoms with Crippen LogP contribution in [0.5, 0.6) is 5.75 Å². The van der Waals surface area contributed by atoms with Gasteiger partial charge in [-0.2, -0.15) is 5.10 Å². The Morgan fingerprint density at radius 2 is 2.10 bits per heavy atom. The number of aryl methyl sites for hydroxylation is 3. The molecule has 4 heteroatoms. The monoisotopic (exact) mass is 273 g/mol. The van der Waals surface area contributed by atoms with Crippen LogP contribution in [0.1, 0.15) is 42.4 Å². The van der Waals surface area contributed by atoms with E-state index in [4.69, 9.17) is 10.5 Å². The second-order valence-corrected chi connectivity index (χ2v) is 5.22. The smallest absolute Gasteiger partial charge is 0.130 e. The molecule has 0 radical (unpaired) electrons. The predicted octanol–water partition coefficient (Wildman–Crippen LogP) is 2.89. The Kier molecular flexibility index (Phi) is 4.45. The topological polar surface area (TPSA) is 53.1 Å². The van der Waals surface area contributed by atoms with E-state index in [0.717, 1.165) is 29.1 Å². The average Bonchev–Trinajstić information content (AvgIpc) is 2.76. The predicted molar refractivity (Wildman–Crippen MR) is 80.7 cm³/mol. The fourth-order valence-electron chi connectivity index (χ4n) is 2.17. The highest BCUT2D eigenvalue weighted by molar-refractivity contribution is 5.39. The molecular weight excluding hydrogens is 250 g/mol. The van der Waals surface area contributed by atoms with Gasteiger partial charge in [0.2, 0.25) is 0 Å². The van der Waals surface area contributed by atoms with Crippen LogP contribution in [0.3, 0.4) is 0 Å². The molecule has 0 aliphatic carbocycles. The zero-order valence-corrected chi connectivity index (χ0v) is 12.7. The summed E-state index contributed by atoms with van der Waals surface area (Å²) in [5.41, 5.74) is 10.4. The van der Waals surface area contributed by atoms with Crippen LogP contribution in [-0.4, -0.2) is 9.78 Å². The molecule has 1 heterocycles. The van der Waals surface area contributed by atoms with Gasteiger partial charge in [0.15, 0.2) is 0 Å². The standard InChI is InChI=1S/C16H23N3O/c1-5-13-9-14(19(4)18-13)10-20-16-8-11(2)6-7-15(16)12(3)17/h6-9,12H,5,10,17H2,1-4H3. The van der Waals surface area contributed by atoms with Crippen LogP contribution in [0.2, 0.25) is 0 Å². The molecule has 0 amide bonds. The Morgan fingerprint density at radius 1 is 1.35 bits per heavy atom. The van der Waals surface area contributed by atoms with E-state index in [1.165, 1.54) is 5.56 Å². The lowest BCUT2D eigenvalue weighted by Gasteiger charge is -2.14. The van der Waals surface area contributed by atoms with E-state index in [9.17, 15) is 0 Å². The number of nitrogens with two attached hydrogens (primary N) is 1. The van der Waals surface area contributed by atoms with Crippen LogP contribution in [0.25, 0.3) is 0 Å². The van der Waals surface area contributed by atoms with Gasteiger partial charge in [-0.25, -0.2) is 0 Å². The molecule has 108 valence electrons. The van der Waals surface area contributed by atoms with Gasteiger partial charge < -0.3 is 10.5 Å². The number of aromatic nitrogens is 2. The van der Waals surface area contributed by atoms with Crippen molar-refractivity contribution < 1.29 is 4.74 Å². The lowest BCUT2D eigenvalue weighted by atomic mass is 10.1. The molecule has 0 saturated heterocycles. The molecule has 2 aromatic rings. The van der Waals surface area contributed by atoms with Crippen LogP contribution in [0.4, 0.5) is 0 Å². The molecule has 0 aliphatic heterocycles. The first-order valence-electron chi connectivity index (χ1n) is 7.02. The molecule has 2 N–H and O–H groups in total. The minimum Gasteiger partial charge on any atom is -0.487 e. The SMILES string of the molecule is CCc1cc(COc2cc(C)ccc2C(C)N)n(C)n1. The van der Waals surface area contributed by atoms with Gasteiger partial charge in [0.1, 0.15) is 12.4 Å². The number of hydrogen-bond acceptors (Lipinski definition) is 3. The zero-order chi connectivity index (χ0) is 14.7. The lowest BCUT2D eigenvalue weighted by molar-refractivity contribution is 0.290. The fourth-order valence-corrected chi connectivity index (χ4v) is 2.17. The molecule has 1 aromatic carbocycles. The van der Waals surface area contributed by atoms with E-state index < -0.39 is 0 Å². The third-order valence-electron chi connectivity index (χ3n) is 3.42. The highest BCUT2D eigenvalue weighted by atomic mass is 16.5. The third kappa shape index (κ3) is 3.20. The second kappa shape index (κ2) is 6.09. The summed E-state index contributed by atoms with van der Waals surface area (Å²) in [6.07, 6.45) is 0.934. The Hall–Kier alpha value is -1.81. The van der Waals surface area contributed by atoms with Gasteiger partial charge in [0.05, 0.1) is 11.4 Å². The molecule has 4 nitrogen and oxygen atoms in total. The Bertz CT molecular complexity index is 587. The van der Waals surface area contributed by atoms with Crippen molar-refractivity contribution in [2.75, 3.05) is 0 Å². The fraction of sp³-hybridized carbons (Fsp3) is 0.438. The first kappa shape index (κ1) is 14.6. The highest BCUT2D eigenvalue weighted by Gasteiger charge is 2.10. The number of benzene rings is 1. The summed E-state index contributed by atoms with van der Waals surface area (Å²) in [6.45, 7) is 6.63. The molecule has 0 saturated carbocycles. The minimum atomic E-state index is -0.0386. The largest absolute Gasteiger partial charge is 0.487 e. The minimum absolute atomic E-state index is 0.0386. The third-order valence-corrected chi connectivity index (χ3v) is 3.42. The molecule has 0 bridgehead atoms. The summed E-state index contributed by atoms with van der Waals surface area (Å²) in [5, 5.41) is 4.43. The molecule has 0 fully saturated rings. The Morgan fingerprint density at radius 3 is 2.70 bits per heavy atom. The van der Waals surface area contributed by atoms with Crippen LogP contribution in [0, 0.1) is 6.92 Å². The second-order valence-electron chi connectivity index (χ2n) is 5.22. The highest BCUT2D eigenvalue weighted by Crippen LogP contribution is 2.26. The van der Waals surface area contributed by atoms with E-state index >= 15 is 0 Å². The Balaban J connectivity index is 2.17. The number of rotatable bonds is 5. The zero-order valence-electron chi connectivity index (χ0n) is 12.7. The van der Waals surface area contributed by atoms with E-state index in [2.05, 4.69) is 31.1 Å². The molecule has 1 unspecified atom stereocenters. The van der Waals surface area contributed by atoms with Crippen LogP contribution in [0.15, 0.2) is 24.3 Å². The van der Waals surface area contributed by atoms with Gasteiger partial charge in [0.25, 0.3) is 0 Å². The quantitative estimate of drug-likeness (QED) is 0.911. The van der Waals surface area contributed by atoms with E-state index in [1.807, 2.05) is 30.8 Å². The van der Waals surface area contributed by atoms with Crippen molar-refractivity contribution in [1.82, 2.24) is 9.78 Å². The van der Waals surface area contributed by atoms with Crippen molar-refractivity contribution >= 4 is 0 Å². The maximum absolute atomic E-state index is 5.99. The van der Waals surface area contributed by atoms with Gasteiger partial charge >= 0.3 is 0 Å². The van der Waals surface area contributed by atoms with E-state index in [-0.39, 0.29) is 6.04 Å². The summed E-state index contributed by atoms with van der Waals surface area (Å²) >= 11 is 0. The maximum Gasteiger partial charge on any atom is 0.130 e. The van der Waals surface area contributed by atoms with E-state index in [1.54, 1.807) is 0 Å². The first-order chi connectivity index (χ1) is 9.51. The van der Waals surface area contributed by atoms with Crippen LogP contribution in [-0.2, 0) is 20.1 Å². The number of nitrogens with zero attached hydrogens (tertiary/aromatic N) is 2. The van der Waals surface area contributed by atoms with E-state index in [0.29, 0.717) is 6.61 Å². The molecule has 2 rings (SSSR count). The normalized spacial score (nSPS) is 12.4. The first-order valence-corrected chi connectivity index (χ1v) is 7.02. The number of ether oxygens (including phenoxy) is 1. The summed E-state index contributed by atoms with van der Waals surface area (Å²) in [5.74, 6) is 0.860. The van der Waals surface area contributed by atoms with Gasteiger partial charge in [-0.15, -0.1) is 0 Å². The number of hydrogen-bond donors (Lipinski definition) is 1. The van der Waals surface area contributed by atoms with Crippen LogP contribution < -0.4 is 10.5 Å². The Labute approximate surface area is 120 Å². The molecule has 0 aliphatic rings. The summed E-state index contributed by atoms with van der Waals surface area (Å²) in [6, 6.07) is 8.18. The molecular formula is C16H23N3O. The van der Waals surface area contributed by atoms with Crippen molar-refractivity contribution in [1.29, 1.82) is 0 Å². The lowest BCUT2D eigenvalue weighted by Crippen LogP contribution is -2.09. The maximum atomic E-state index is 5.99. The van der Waals surface area contributed by atoms with Gasteiger partial charge in [0, 0.05) is 18.7 Å². The summed E-state index contributed by atoms with van der Waals surface area (Å²) in [4.78, 5) is 0. The summed E-state index contributed by atoms with van der Waals surface area (Å²) < 4.78 is 7.84. The van der Waals surface area contributed by atoms with Gasteiger partial charge in [-0.3, -0.25) is 4.68 Å². The van der Waals surface area contributed by atoms with Crippen molar-refractivity contribution in [3.05, 3.63) is 46.8 Å². The molecule has 1 atom stereocenters. The van der Waals surface area contributed by atoms with Crippen LogP contribution >= 0.6 is 0 Å². The molecule has 1 aromatic heterocycles. The van der Waals surface area contributed by atoms with Crippen molar-refractivity contribution in [2.45, 2.75) is 39.8 Å². The summed E-state index contributed by atoms with van der Waals surface area (Å²) in [7, 11) is 1.95. The molecule has 0 spiro atoms. The van der Waals surface area contributed by atoms with Crippen molar-refractivity contribution in [3.8, 4) is 5.75 Å². The van der Waals surface area contributed by atoms with Gasteiger partial charge in [-0.05, 0) is 38.0 Å². The average molecular weight is 273 g/mol. The van der Waals surface area contributed by atoms with Crippen molar-refractivity contribution in [2.24, 2.45) is 12.8 Å². The van der Waals surface area contributed by atoms with Gasteiger partial charge in [-0.1, -0.05) is 19.1 Å². The molecule has 20 heavy (non-hydrogen) atoms.